The summed E-state index contributed by atoms with van der Waals surface area (Å²) in [7, 11) is 0. The lowest BCUT2D eigenvalue weighted by Gasteiger charge is -2.42. The van der Waals surface area contributed by atoms with E-state index in [1.165, 1.54) is 0 Å². The third kappa shape index (κ3) is 3.84. The Bertz CT molecular complexity index is 1210. The van der Waals surface area contributed by atoms with Crippen LogP contribution in [0.15, 0.2) is 95.6 Å². The molecule has 5 nitrogen and oxygen atoms in total. The quantitative estimate of drug-likeness (QED) is 0.332. The lowest BCUT2D eigenvalue weighted by Crippen LogP contribution is -2.51. The number of nitrogens with two attached hydrogens (primary N) is 1. The van der Waals surface area contributed by atoms with E-state index in [-0.39, 0.29) is 10.6 Å². The molecule has 3 aromatic carbocycles. The smallest absolute Gasteiger partial charge is 0.233 e. The van der Waals surface area contributed by atoms with E-state index in [1.54, 1.807) is 6.26 Å². The zero-order valence-corrected chi connectivity index (χ0v) is 18.5. The first kappa shape index (κ1) is 21.4. The summed E-state index contributed by atoms with van der Waals surface area (Å²) in [5.74, 6) is -0.572. The number of amides is 1. The van der Waals surface area contributed by atoms with Crippen molar-refractivity contribution in [2.24, 2.45) is 11.7 Å². The number of likely N-dealkylation sites (tertiary alicyclic amines) is 1. The van der Waals surface area contributed by atoms with Crippen LogP contribution in [-0.4, -0.2) is 30.2 Å². The van der Waals surface area contributed by atoms with Crippen LogP contribution in [0.4, 0.5) is 0 Å². The van der Waals surface area contributed by atoms with Crippen molar-refractivity contribution < 1.29 is 13.9 Å². The number of primary amides is 1. The van der Waals surface area contributed by atoms with Crippen molar-refractivity contribution in [2.75, 3.05) is 19.6 Å². The van der Waals surface area contributed by atoms with Crippen LogP contribution in [-0.2, 0) is 16.6 Å². The summed E-state index contributed by atoms with van der Waals surface area (Å²) < 4.78 is 5.10. The van der Waals surface area contributed by atoms with Crippen LogP contribution in [0.1, 0.15) is 23.1 Å². The molecular formula is C28H28N2O3. The zero-order chi connectivity index (χ0) is 22.9. The highest BCUT2D eigenvalue weighted by Crippen LogP contribution is 2.45. The van der Waals surface area contributed by atoms with Gasteiger partial charge in [-0.2, -0.15) is 0 Å². The number of nitrogens with zero attached hydrogens (tertiary/aromatic N) is 1. The maximum atomic E-state index is 13.8. The van der Waals surface area contributed by atoms with Crippen LogP contribution in [0, 0.1) is 11.1 Å². The fourth-order valence-electron chi connectivity index (χ4n) is 5.56. The van der Waals surface area contributed by atoms with Gasteiger partial charge in [0, 0.05) is 24.1 Å². The Labute approximate surface area is 193 Å². The molecule has 0 bridgehead atoms. The fourth-order valence-corrected chi connectivity index (χ4v) is 5.56. The topological polar surface area (TPSA) is 79.3 Å². The van der Waals surface area contributed by atoms with Crippen molar-refractivity contribution in [3.05, 3.63) is 113 Å². The predicted octanol–water partition coefficient (Wildman–Crippen LogP) is 4.78. The minimum Gasteiger partial charge on any atom is -0.633 e. The Balaban J connectivity index is 1.44. The summed E-state index contributed by atoms with van der Waals surface area (Å²) >= 11 is 0. The van der Waals surface area contributed by atoms with Gasteiger partial charge in [0.1, 0.15) is 11.0 Å². The number of carbonyl (C=O) groups is 1. The highest BCUT2D eigenvalue weighted by molar-refractivity contribution is 5.91. The molecule has 1 fully saturated rings. The molecule has 0 aliphatic carbocycles. The van der Waals surface area contributed by atoms with Gasteiger partial charge in [-0.25, -0.2) is 0 Å². The number of carbonyl (C=O) groups excluding carboxylic acids is 1. The SMILES string of the molecule is NC(=O)C(c1ccccc1)(c1ccccc1)[C@@H]1CC[N+]([O-])(CCc2ccc3occc3c2)C1. The molecule has 4 aromatic rings. The van der Waals surface area contributed by atoms with Crippen molar-refractivity contribution in [3.8, 4) is 0 Å². The molecule has 0 radical (unpaired) electrons. The Kier molecular flexibility index (Phi) is 5.52. The lowest BCUT2D eigenvalue weighted by atomic mass is 9.64. The van der Waals surface area contributed by atoms with Crippen molar-refractivity contribution in [3.63, 3.8) is 0 Å². The maximum absolute atomic E-state index is 13.8. The van der Waals surface area contributed by atoms with E-state index >= 15 is 0 Å². The second-order valence-corrected chi connectivity index (χ2v) is 9.12. The molecule has 2 heterocycles. The first-order valence-electron chi connectivity index (χ1n) is 11.5. The van der Waals surface area contributed by atoms with E-state index in [4.69, 9.17) is 10.2 Å². The molecule has 1 aliphatic rings. The summed E-state index contributed by atoms with van der Waals surface area (Å²) in [5.41, 5.74) is 8.81. The molecule has 2 N–H and O–H groups in total. The van der Waals surface area contributed by atoms with E-state index in [0.29, 0.717) is 32.5 Å². The van der Waals surface area contributed by atoms with Crippen LogP contribution in [0.2, 0.25) is 0 Å². The summed E-state index contributed by atoms with van der Waals surface area (Å²) in [5, 5.41) is 14.8. The zero-order valence-electron chi connectivity index (χ0n) is 18.5. The van der Waals surface area contributed by atoms with Gasteiger partial charge in [-0.15, -0.1) is 0 Å². The molecule has 2 atom stereocenters. The van der Waals surface area contributed by atoms with Gasteiger partial charge in [0.15, 0.2) is 0 Å². The third-order valence-electron chi connectivity index (χ3n) is 7.22. The van der Waals surface area contributed by atoms with Gasteiger partial charge in [0.25, 0.3) is 0 Å². The van der Waals surface area contributed by atoms with Crippen molar-refractivity contribution in [1.82, 2.24) is 0 Å². The van der Waals surface area contributed by atoms with Gasteiger partial charge in [0.05, 0.1) is 25.9 Å². The van der Waals surface area contributed by atoms with Gasteiger partial charge in [-0.05, 0) is 34.9 Å². The third-order valence-corrected chi connectivity index (χ3v) is 7.22. The van der Waals surface area contributed by atoms with Gasteiger partial charge in [-0.3, -0.25) is 4.79 Å². The highest BCUT2D eigenvalue weighted by atomic mass is 16.5. The summed E-state index contributed by atoms with van der Waals surface area (Å²) in [6, 6.07) is 27.4. The van der Waals surface area contributed by atoms with E-state index < -0.39 is 11.3 Å². The molecule has 1 aliphatic heterocycles. The van der Waals surface area contributed by atoms with Gasteiger partial charge in [0.2, 0.25) is 5.91 Å². The van der Waals surface area contributed by atoms with Crippen LogP contribution in [0.5, 0.6) is 0 Å². The molecule has 0 saturated carbocycles. The van der Waals surface area contributed by atoms with Crippen LogP contribution >= 0.6 is 0 Å². The predicted molar refractivity (Wildman–Crippen MR) is 129 cm³/mol. The second-order valence-electron chi connectivity index (χ2n) is 9.12. The number of hydroxylamine groups is 3. The van der Waals surface area contributed by atoms with E-state index in [2.05, 4.69) is 6.07 Å². The number of fused-ring (bicyclic) bond motifs is 1. The standard InChI is InChI=1S/C28H28N2O3/c29-27(31)28(23-7-3-1-4-8-23,24-9-5-2-6-10-24)25-14-17-30(32,20-25)16-13-21-11-12-26-22(19-21)15-18-33-26/h1-12,15,18-19,25H,13-14,16-17,20H2,(H2,29,31)/t25-,30?/m1/s1. The molecule has 5 rings (SSSR count). The van der Waals surface area contributed by atoms with Crippen LogP contribution < -0.4 is 5.73 Å². The Morgan fingerprint density at radius 3 is 2.30 bits per heavy atom. The molecule has 5 heteroatoms. The summed E-state index contributed by atoms with van der Waals surface area (Å²) in [6.07, 6.45) is 3.01. The maximum Gasteiger partial charge on any atom is 0.233 e. The lowest BCUT2D eigenvalue weighted by molar-refractivity contribution is -0.869. The first-order chi connectivity index (χ1) is 16.0. The largest absolute Gasteiger partial charge is 0.633 e. The normalized spacial score (nSPS) is 20.8. The molecule has 1 unspecified atom stereocenters. The first-order valence-corrected chi connectivity index (χ1v) is 11.5. The Morgan fingerprint density at radius 1 is 1.00 bits per heavy atom. The minimum atomic E-state index is -1.03. The minimum absolute atomic E-state index is 0.173. The number of rotatable bonds is 7. The summed E-state index contributed by atoms with van der Waals surface area (Å²) in [6.45, 7) is 1.31. The number of quaternary nitrogens is 1. The Morgan fingerprint density at radius 2 is 1.67 bits per heavy atom. The van der Waals surface area contributed by atoms with Gasteiger partial charge < -0.3 is 20.0 Å². The second kappa shape index (κ2) is 8.50. The number of hydrogen-bond acceptors (Lipinski definition) is 3. The molecule has 1 saturated heterocycles. The van der Waals surface area contributed by atoms with E-state index in [1.807, 2.05) is 78.9 Å². The average molecular weight is 441 g/mol. The molecule has 33 heavy (non-hydrogen) atoms. The molecule has 168 valence electrons. The van der Waals surface area contributed by atoms with Crippen molar-refractivity contribution >= 4 is 16.9 Å². The molecular weight excluding hydrogens is 412 g/mol. The monoisotopic (exact) mass is 440 g/mol. The molecule has 1 aromatic heterocycles. The van der Waals surface area contributed by atoms with E-state index in [0.717, 1.165) is 27.7 Å². The Hall–Kier alpha value is -3.41. The van der Waals surface area contributed by atoms with Crippen LogP contribution in [0.25, 0.3) is 11.0 Å². The van der Waals surface area contributed by atoms with Gasteiger partial charge >= 0.3 is 0 Å². The number of hydrogen-bond donors (Lipinski definition) is 1. The number of benzene rings is 3. The van der Waals surface area contributed by atoms with Crippen LogP contribution in [0.3, 0.4) is 0 Å². The van der Waals surface area contributed by atoms with Crippen molar-refractivity contribution in [1.29, 1.82) is 0 Å². The molecule has 1 amide bonds. The number of furan rings is 1. The summed E-state index contributed by atoms with van der Waals surface area (Å²) in [4.78, 5) is 13.2. The fraction of sp³-hybridized carbons (Fsp3) is 0.250. The molecule has 0 spiro atoms. The highest BCUT2D eigenvalue weighted by Gasteiger charge is 2.52. The van der Waals surface area contributed by atoms with Crippen molar-refractivity contribution in [2.45, 2.75) is 18.3 Å². The van der Waals surface area contributed by atoms with Gasteiger partial charge in [-0.1, -0.05) is 66.7 Å². The average Bonchev–Trinajstić information content (AvgIpc) is 3.46. The van der Waals surface area contributed by atoms with E-state index in [9.17, 15) is 10.0 Å².